The fourth-order valence-corrected chi connectivity index (χ4v) is 7.40. The van der Waals surface area contributed by atoms with E-state index in [2.05, 4.69) is 0 Å². The van der Waals surface area contributed by atoms with Crippen molar-refractivity contribution in [1.29, 1.82) is 0 Å². The molecule has 2 fully saturated rings. The Hall–Kier alpha value is -3.92. The largest absolute Gasteiger partial charge is 0.488 e. The summed E-state index contributed by atoms with van der Waals surface area (Å²) in [5, 5.41) is 10.4. The summed E-state index contributed by atoms with van der Waals surface area (Å²) in [6, 6.07) is 9.30. The minimum Gasteiger partial charge on any atom is -0.488 e. The molecule has 0 radical (unpaired) electrons. The van der Waals surface area contributed by atoms with Crippen LogP contribution in [0.25, 0.3) is 0 Å². The molecule has 0 bridgehead atoms. The van der Waals surface area contributed by atoms with Crippen LogP contribution in [-0.2, 0) is 20.8 Å². The van der Waals surface area contributed by atoms with E-state index in [9.17, 15) is 29.1 Å². The molecule has 1 unspecified atom stereocenters. The number of likely N-dealkylation sites (tertiary alicyclic amines) is 1. The number of carboxylic acid groups (broad SMARTS) is 1. The van der Waals surface area contributed by atoms with Crippen LogP contribution in [0.3, 0.4) is 0 Å². The third-order valence-electron chi connectivity index (χ3n) is 9.37. The van der Waals surface area contributed by atoms with E-state index in [4.69, 9.17) is 16.3 Å². The predicted octanol–water partition coefficient (Wildman–Crippen LogP) is 3.95. The Balaban J connectivity index is 1.40. The molecule has 1 N–H and O–H groups in total. The summed E-state index contributed by atoms with van der Waals surface area (Å²) < 4.78 is 6.48. The number of carbonyl (C=O) groups excluding carboxylic acids is 4. The highest BCUT2D eigenvalue weighted by Gasteiger charge is 2.45. The molecule has 10 nitrogen and oxygen atoms in total. The van der Waals surface area contributed by atoms with Crippen molar-refractivity contribution in [1.82, 2.24) is 14.7 Å². The van der Waals surface area contributed by atoms with Gasteiger partial charge in [-0.15, -0.1) is 0 Å². The number of carbonyl (C=O) groups is 5. The van der Waals surface area contributed by atoms with Crippen LogP contribution in [0.4, 0.5) is 0 Å². The number of hydrogen-bond donors (Lipinski definition) is 1. The number of hydrogen-bond acceptors (Lipinski definition) is 6. The highest BCUT2D eigenvalue weighted by molar-refractivity contribution is 6.31. The molecule has 43 heavy (non-hydrogen) atoms. The van der Waals surface area contributed by atoms with Crippen molar-refractivity contribution in [3.05, 3.63) is 63.7 Å². The van der Waals surface area contributed by atoms with Crippen LogP contribution in [0.15, 0.2) is 36.4 Å². The molecule has 2 aromatic carbocycles. The highest BCUT2D eigenvalue weighted by Crippen LogP contribution is 2.44. The second kappa shape index (κ2) is 11.6. The summed E-state index contributed by atoms with van der Waals surface area (Å²) in [6.07, 6.45) is 3.13. The van der Waals surface area contributed by atoms with Crippen LogP contribution in [0.5, 0.6) is 5.75 Å². The van der Waals surface area contributed by atoms with Gasteiger partial charge in [-0.3, -0.25) is 28.9 Å². The first-order chi connectivity index (χ1) is 20.7. The van der Waals surface area contributed by atoms with E-state index in [1.807, 2.05) is 0 Å². The average Bonchev–Trinajstić information content (AvgIpc) is 3.57. The fourth-order valence-electron chi connectivity index (χ4n) is 7.14. The fraction of sp³-hybridized carbons (Fsp3) is 0.469. The second-order valence-corrected chi connectivity index (χ2v) is 12.2. The normalized spacial score (nSPS) is 25.0. The first-order valence-corrected chi connectivity index (χ1v) is 15.3. The maximum Gasteiger partial charge on any atom is 0.307 e. The zero-order valence-corrected chi connectivity index (χ0v) is 24.7. The molecule has 4 amide bonds. The average molecular weight is 608 g/mol. The SMILES string of the molecule is CC(=O)N1CCC(Oc2ccc(Cl)c3c2[C@@H](CN2C(=O)c4ccccc4C2=O)N(C(=O)[C@@H]2CCCC[C@@H]2C(=O)O)CC3)C1. The molecular formula is C32H34ClN3O7. The molecule has 0 aromatic heterocycles. The number of nitrogens with zero attached hydrogens (tertiary/aromatic N) is 3. The van der Waals surface area contributed by atoms with Gasteiger partial charge in [-0.2, -0.15) is 0 Å². The van der Waals surface area contributed by atoms with Crippen molar-refractivity contribution in [2.45, 2.75) is 57.6 Å². The topological polar surface area (TPSA) is 125 Å². The smallest absolute Gasteiger partial charge is 0.307 e. The van der Waals surface area contributed by atoms with Gasteiger partial charge in [-0.25, -0.2) is 0 Å². The quantitative estimate of drug-likeness (QED) is 0.493. The minimum absolute atomic E-state index is 0.0371. The standard InChI is InChI=1S/C32H34ClN3O7/c1-18(37)34-14-12-19(16-34)43-27-11-10-25(33)24-13-15-35(29(38)22-8-4-5-9-23(22)32(41)42)26(28(24)27)17-36-30(39)20-6-2-3-7-21(20)31(36)40/h2-3,6-7,10-11,19,22-23,26H,4-5,8-9,12-17H2,1H3,(H,41,42)/t19?,22-,23+,26-/m1/s1. The van der Waals surface area contributed by atoms with E-state index in [1.54, 1.807) is 46.2 Å². The van der Waals surface area contributed by atoms with Crippen molar-refractivity contribution in [3.8, 4) is 5.75 Å². The lowest BCUT2D eigenvalue weighted by atomic mass is 9.77. The second-order valence-electron chi connectivity index (χ2n) is 11.8. The molecule has 1 saturated carbocycles. The van der Waals surface area contributed by atoms with Crippen LogP contribution >= 0.6 is 11.6 Å². The lowest BCUT2D eigenvalue weighted by Gasteiger charge is -2.42. The van der Waals surface area contributed by atoms with Gasteiger partial charge in [0.2, 0.25) is 11.8 Å². The predicted molar refractivity (Wildman–Crippen MR) is 156 cm³/mol. The lowest BCUT2D eigenvalue weighted by molar-refractivity contribution is -0.153. The summed E-state index contributed by atoms with van der Waals surface area (Å²) in [5.41, 5.74) is 1.99. The summed E-state index contributed by atoms with van der Waals surface area (Å²) in [5.74, 6) is -3.24. The van der Waals surface area contributed by atoms with Crippen molar-refractivity contribution >= 4 is 41.2 Å². The lowest BCUT2D eigenvalue weighted by Crippen LogP contribution is -2.50. The molecule has 2 aromatic rings. The number of benzene rings is 2. The van der Waals surface area contributed by atoms with Gasteiger partial charge in [0.05, 0.1) is 42.1 Å². The summed E-state index contributed by atoms with van der Waals surface area (Å²) in [4.78, 5) is 69.8. The van der Waals surface area contributed by atoms with Gasteiger partial charge >= 0.3 is 5.97 Å². The molecule has 3 aliphatic heterocycles. The summed E-state index contributed by atoms with van der Waals surface area (Å²) >= 11 is 6.71. The molecular weight excluding hydrogens is 574 g/mol. The molecule has 4 atom stereocenters. The Morgan fingerprint density at radius 1 is 0.953 bits per heavy atom. The van der Waals surface area contributed by atoms with Gasteiger partial charge in [0.1, 0.15) is 11.9 Å². The molecule has 0 spiro atoms. The Morgan fingerprint density at radius 2 is 1.63 bits per heavy atom. The van der Waals surface area contributed by atoms with Crippen LogP contribution in [0.2, 0.25) is 5.02 Å². The van der Waals surface area contributed by atoms with Crippen molar-refractivity contribution in [2.75, 3.05) is 26.2 Å². The third-order valence-corrected chi connectivity index (χ3v) is 9.73. The summed E-state index contributed by atoms with van der Waals surface area (Å²) in [6.45, 7) is 2.63. The van der Waals surface area contributed by atoms with Gasteiger partial charge in [0.25, 0.3) is 11.8 Å². The van der Waals surface area contributed by atoms with Crippen LogP contribution in [0, 0.1) is 11.8 Å². The highest BCUT2D eigenvalue weighted by atomic mass is 35.5. The van der Waals surface area contributed by atoms with Gasteiger partial charge in [-0.1, -0.05) is 36.6 Å². The summed E-state index contributed by atoms with van der Waals surface area (Å²) in [7, 11) is 0. The molecule has 226 valence electrons. The monoisotopic (exact) mass is 607 g/mol. The first kappa shape index (κ1) is 29.2. The number of imide groups is 1. The van der Waals surface area contributed by atoms with Crippen molar-refractivity contribution in [3.63, 3.8) is 0 Å². The zero-order valence-electron chi connectivity index (χ0n) is 24.0. The number of carboxylic acids is 1. The molecule has 6 rings (SSSR count). The van der Waals surface area contributed by atoms with Gasteiger partial charge < -0.3 is 19.6 Å². The minimum atomic E-state index is -0.990. The van der Waals surface area contributed by atoms with Crippen molar-refractivity contribution < 1.29 is 33.8 Å². The van der Waals surface area contributed by atoms with E-state index in [-0.39, 0.29) is 31.0 Å². The Bertz CT molecular complexity index is 1470. The number of halogens is 1. The van der Waals surface area contributed by atoms with Gasteiger partial charge in [0, 0.05) is 37.0 Å². The number of aliphatic carboxylic acids is 1. The Morgan fingerprint density at radius 3 is 2.26 bits per heavy atom. The number of amides is 4. The first-order valence-electron chi connectivity index (χ1n) is 14.9. The number of fused-ring (bicyclic) bond motifs is 2. The molecule has 4 aliphatic rings. The van der Waals surface area contributed by atoms with Gasteiger partial charge in [-0.05, 0) is 49.1 Å². The number of rotatable bonds is 6. The van der Waals surface area contributed by atoms with Crippen molar-refractivity contribution in [2.24, 2.45) is 11.8 Å². The third kappa shape index (κ3) is 5.26. The van der Waals surface area contributed by atoms with Crippen LogP contribution in [-0.4, -0.2) is 81.7 Å². The number of ether oxygens (including phenoxy) is 1. The maximum atomic E-state index is 14.3. The molecule has 11 heteroatoms. The van der Waals surface area contributed by atoms with E-state index in [0.29, 0.717) is 66.2 Å². The van der Waals surface area contributed by atoms with Gasteiger partial charge in [0.15, 0.2) is 0 Å². The zero-order chi connectivity index (χ0) is 30.4. The van der Waals surface area contributed by atoms with E-state index >= 15 is 0 Å². The molecule has 1 saturated heterocycles. The maximum absolute atomic E-state index is 14.3. The van der Waals surface area contributed by atoms with Crippen LogP contribution < -0.4 is 4.74 Å². The molecule has 1 aliphatic carbocycles. The molecule has 3 heterocycles. The van der Waals surface area contributed by atoms with E-state index in [0.717, 1.165) is 23.3 Å². The van der Waals surface area contributed by atoms with E-state index < -0.39 is 35.7 Å². The van der Waals surface area contributed by atoms with E-state index in [1.165, 1.54) is 6.92 Å². The van der Waals surface area contributed by atoms with Crippen LogP contribution in [0.1, 0.15) is 76.9 Å². The Labute approximate surface area is 254 Å². The Kier molecular flexibility index (Phi) is 7.89.